The van der Waals surface area contributed by atoms with Crippen LogP contribution in [0.2, 0.25) is 0 Å². The summed E-state index contributed by atoms with van der Waals surface area (Å²) in [6.45, 7) is 3.74. The maximum Gasteiger partial charge on any atom is 0.303 e. The van der Waals surface area contributed by atoms with Crippen molar-refractivity contribution in [2.75, 3.05) is 32.2 Å². The van der Waals surface area contributed by atoms with Gasteiger partial charge in [0.05, 0.1) is 19.0 Å². The van der Waals surface area contributed by atoms with E-state index < -0.39 is 36.5 Å². The number of hydrogen-bond acceptors (Lipinski definition) is 12. The molecule has 2 aromatic rings. The number of nitrogens with one attached hydrogen (secondary N) is 2. The fourth-order valence-electron chi connectivity index (χ4n) is 3.93. The highest BCUT2D eigenvalue weighted by Gasteiger charge is 2.51. The van der Waals surface area contributed by atoms with Gasteiger partial charge in [0.25, 0.3) is 5.17 Å². The van der Waals surface area contributed by atoms with E-state index in [0.717, 1.165) is 6.42 Å². The van der Waals surface area contributed by atoms with E-state index in [9.17, 15) is 9.59 Å². The number of esters is 2. The van der Waals surface area contributed by atoms with Crippen molar-refractivity contribution >= 4 is 46.3 Å². The number of anilines is 1. The van der Waals surface area contributed by atoms with Gasteiger partial charge in [-0.15, -0.1) is 0 Å². The van der Waals surface area contributed by atoms with Gasteiger partial charge in [-0.2, -0.15) is 0 Å². The second kappa shape index (κ2) is 10.4. The predicted molar refractivity (Wildman–Crippen MR) is 121 cm³/mol. The van der Waals surface area contributed by atoms with Crippen LogP contribution in [0, 0.1) is 0 Å². The van der Waals surface area contributed by atoms with Gasteiger partial charge in [-0.05, 0) is 18.6 Å². The standard InChI is InChI=1S/C20H26N6O7S/c1-10(27)31-15-13(7-30-20(34)21-3)33-19(16(15)32-11(2)28)26-9-24-14-17(22-8-23-18(14)26)25-12-4-5-29-6-12/h8-9,12-13,15-16,19H,4-7H2,1-3H3,(H,21,34)(H,22,23,25)/t12-,13-,15-,16-,19-/m1/s1. The molecule has 0 unspecified atom stereocenters. The summed E-state index contributed by atoms with van der Waals surface area (Å²) in [6, 6.07) is 0.116. The average molecular weight is 495 g/mol. The van der Waals surface area contributed by atoms with Crippen molar-refractivity contribution in [3.8, 4) is 0 Å². The molecule has 5 atom stereocenters. The smallest absolute Gasteiger partial charge is 0.303 e. The third kappa shape index (κ3) is 5.18. The molecule has 14 heteroatoms. The highest BCUT2D eigenvalue weighted by atomic mass is 32.1. The van der Waals surface area contributed by atoms with Crippen LogP contribution in [0.15, 0.2) is 12.7 Å². The molecule has 2 fully saturated rings. The van der Waals surface area contributed by atoms with Crippen LogP contribution < -0.4 is 10.6 Å². The van der Waals surface area contributed by atoms with Gasteiger partial charge >= 0.3 is 11.9 Å². The molecular weight excluding hydrogens is 468 g/mol. The summed E-state index contributed by atoms with van der Waals surface area (Å²) in [5.74, 6) is -0.571. The first-order valence-electron chi connectivity index (χ1n) is 10.7. The minimum atomic E-state index is -0.981. The van der Waals surface area contributed by atoms with Crippen LogP contribution in [0.4, 0.5) is 5.82 Å². The van der Waals surface area contributed by atoms with E-state index in [1.54, 1.807) is 11.6 Å². The number of rotatable bonds is 7. The number of fused-ring (bicyclic) bond motifs is 1. The Morgan fingerprint density at radius 3 is 2.65 bits per heavy atom. The number of carbonyl (C=O) groups excluding carboxylic acids is 2. The SMILES string of the molecule is CNC(=S)OC[C@H]1O[C@@H](n2cnc3c(N[C@@H]4CCOC4)ncnc32)[C@H](OC(C)=O)[C@@H]1OC(C)=O. The van der Waals surface area contributed by atoms with Crippen LogP contribution in [0.25, 0.3) is 11.2 Å². The Kier molecular flexibility index (Phi) is 7.38. The second-order valence-electron chi connectivity index (χ2n) is 7.81. The van der Waals surface area contributed by atoms with E-state index in [4.69, 9.17) is 35.9 Å². The van der Waals surface area contributed by atoms with E-state index >= 15 is 0 Å². The fourth-order valence-corrected chi connectivity index (χ4v) is 4.00. The van der Waals surface area contributed by atoms with Crippen molar-refractivity contribution in [3.05, 3.63) is 12.7 Å². The topological polar surface area (TPSA) is 148 Å². The number of thiocarbonyl (C=S) groups is 1. The van der Waals surface area contributed by atoms with Crippen molar-refractivity contribution in [2.24, 2.45) is 0 Å². The van der Waals surface area contributed by atoms with Gasteiger partial charge in [-0.25, -0.2) is 15.0 Å². The molecule has 0 bridgehead atoms. The largest absolute Gasteiger partial charge is 0.468 e. The van der Waals surface area contributed by atoms with E-state index in [0.29, 0.717) is 30.2 Å². The number of carbonyl (C=O) groups is 2. The molecule has 34 heavy (non-hydrogen) atoms. The van der Waals surface area contributed by atoms with Gasteiger partial charge < -0.3 is 34.3 Å². The molecule has 2 N–H and O–H groups in total. The lowest BCUT2D eigenvalue weighted by atomic mass is 10.1. The Morgan fingerprint density at radius 1 is 1.21 bits per heavy atom. The van der Waals surface area contributed by atoms with Gasteiger partial charge in [-0.1, -0.05) is 0 Å². The van der Waals surface area contributed by atoms with Gasteiger partial charge in [0, 0.05) is 27.5 Å². The number of nitrogens with zero attached hydrogens (tertiary/aromatic N) is 4. The van der Waals surface area contributed by atoms with Crippen LogP contribution in [0.5, 0.6) is 0 Å². The molecule has 184 valence electrons. The Balaban J connectivity index is 1.66. The molecular formula is C20H26N6O7S. The Morgan fingerprint density at radius 2 is 1.97 bits per heavy atom. The van der Waals surface area contributed by atoms with Gasteiger partial charge in [0.2, 0.25) is 0 Å². The summed E-state index contributed by atoms with van der Waals surface area (Å²) >= 11 is 5.03. The second-order valence-corrected chi connectivity index (χ2v) is 8.18. The molecule has 0 radical (unpaired) electrons. The van der Waals surface area contributed by atoms with Crippen LogP contribution in [0.1, 0.15) is 26.5 Å². The van der Waals surface area contributed by atoms with Crippen LogP contribution >= 0.6 is 12.2 Å². The van der Waals surface area contributed by atoms with Crippen LogP contribution in [-0.2, 0) is 33.3 Å². The lowest BCUT2D eigenvalue weighted by Gasteiger charge is -2.23. The van der Waals surface area contributed by atoms with Gasteiger partial charge in [-0.3, -0.25) is 14.2 Å². The van der Waals surface area contributed by atoms with E-state index in [-0.39, 0.29) is 17.8 Å². The van der Waals surface area contributed by atoms with Crippen LogP contribution in [-0.4, -0.2) is 87.9 Å². The number of imidazole rings is 1. The maximum absolute atomic E-state index is 11.9. The van der Waals surface area contributed by atoms with Crippen molar-refractivity contribution in [1.29, 1.82) is 0 Å². The summed E-state index contributed by atoms with van der Waals surface area (Å²) in [4.78, 5) is 36.9. The Labute approximate surface area is 200 Å². The molecule has 2 aliphatic heterocycles. The predicted octanol–water partition coefficient (Wildman–Crippen LogP) is 0.309. The first-order valence-corrected chi connectivity index (χ1v) is 11.1. The first-order chi connectivity index (χ1) is 16.4. The first kappa shape index (κ1) is 24.0. The Bertz CT molecular complexity index is 1060. The molecule has 0 spiro atoms. The average Bonchev–Trinajstić information content (AvgIpc) is 3.52. The normalized spacial score (nSPS) is 26.3. The minimum Gasteiger partial charge on any atom is -0.468 e. The number of aromatic nitrogens is 4. The molecule has 2 aromatic heterocycles. The van der Waals surface area contributed by atoms with Crippen molar-refractivity contribution in [2.45, 2.75) is 50.8 Å². The molecule has 2 aliphatic rings. The lowest BCUT2D eigenvalue weighted by molar-refractivity contribution is -0.165. The molecule has 2 saturated heterocycles. The molecule has 13 nitrogen and oxygen atoms in total. The summed E-state index contributed by atoms with van der Waals surface area (Å²) < 4.78 is 29.7. The lowest BCUT2D eigenvalue weighted by Crippen LogP contribution is -2.41. The highest BCUT2D eigenvalue weighted by Crippen LogP contribution is 2.36. The fraction of sp³-hybridized carbons (Fsp3) is 0.600. The monoisotopic (exact) mass is 494 g/mol. The quantitative estimate of drug-likeness (QED) is 0.402. The molecule has 0 aromatic carbocycles. The van der Waals surface area contributed by atoms with Crippen LogP contribution in [0.3, 0.4) is 0 Å². The molecule has 0 saturated carbocycles. The third-order valence-electron chi connectivity index (χ3n) is 5.38. The third-order valence-corrected chi connectivity index (χ3v) is 5.70. The molecule has 4 heterocycles. The van der Waals surface area contributed by atoms with Gasteiger partial charge in [0.1, 0.15) is 19.0 Å². The zero-order valence-corrected chi connectivity index (χ0v) is 19.7. The maximum atomic E-state index is 11.9. The van der Waals surface area contributed by atoms with Crippen molar-refractivity contribution in [1.82, 2.24) is 24.8 Å². The number of ether oxygens (including phenoxy) is 5. The summed E-state index contributed by atoms with van der Waals surface area (Å²) in [6.07, 6.45) is 0.174. The number of hydrogen-bond donors (Lipinski definition) is 2. The van der Waals surface area contributed by atoms with Crippen molar-refractivity contribution < 1.29 is 33.3 Å². The zero-order valence-electron chi connectivity index (χ0n) is 18.9. The van der Waals surface area contributed by atoms with E-state index in [1.807, 2.05) is 0 Å². The van der Waals surface area contributed by atoms with Crippen molar-refractivity contribution in [3.63, 3.8) is 0 Å². The highest BCUT2D eigenvalue weighted by molar-refractivity contribution is 7.80. The van der Waals surface area contributed by atoms with E-state index in [2.05, 4.69) is 25.6 Å². The summed E-state index contributed by atoms with van der Waals surface area (Å²) in [7, 11) is 1.62. The van der Waals surface area contributed by atoms with E-state index in [1.165, 1.54) is 26.5 Å². The zero-order chi connectivity index (χ0) is 24.2. The molecule has 0 amide bonds. The molecule has 4 rings (SSSR count). The molecule has 0 aliphatic carbocycles. The van der Waals surface area contributed by atoms with Gasteiger partial charge in [0.15, 0.2) is 35.4 Å². The Hall–Kier alpha value is -3.10. The minimum absolute atomic E-state index is 0.0397. The summed E-state index contributed by atoms with van der Waals surface area (Å²) in [5.41, 5.74) is 0.965. The summed E-state index contributed by atoms with van der Waals surface area (Å²) in [5, 5.41) is 6.17.